The largest absolute Gasteiger partial charge is 0.351 e. The topological polar surface area (TPSA) is 68.5 Å². The minimum atomic E-state index is -0.519. The Hall–Kier alpha value is -2.57. The third-order valence-corrected chi connectivity index (χ3v) is 4.22. The van der Waals surface area contributed by atoms with Crippen LogP contribution in [0.3, 0.4) is 0 Å². The molecule has 1 aliphatic carbocycles. The molecular formula is C16H17FN6. The molecule has 4 rings (SSSR count). The standard InChI is InChI=1S/C16H17FN6/c17-12-10-18-16(19-11-6-2-1-3-7-11)20-15(12)23-14-9-5-4-8-13(14)21-22-23/h4-5,8-11H,1-3,6-7H2,(H,18,19,20). The molecule has 0 unspecified atom stereocenters. The van der Waals surface area contributed by atoms with Gasteiger partial charge in [0.2, 0.25) is 5.95 Å². The van der Waals surface area contributed by atoms with E-state index in [0.29, 0.717) is 23.0 Å². The van der Waals surface area contributed by atoms with Crippen molar-refractivity contribution in [1.82, 2.24) is 25.0 Å². The predicted molar refractivity (Wildman–Crippen MR) is 84.9 cm³/mol. The van der Waals surface area contributed by atoms with Gasteiger partial charge in [0.15, 0.2) is 11.6 Å². The number of rotatable bonds is 3. The number of fused-ring (bicyclic) bond motifs is 1. The lowest BCUT2D eigenvalue weighted by atomic mass is 9.96. The number of hydrogen-bond acceptors (Lipinski definition) is 5. The van der Waals surface area contributed by atoms with E-state index in [1.165, 1.54) is 30.1 Å². The van der Waals surface area contributed by atoms with Gasteiger partial charge in [-0.2, -0.15) is 9.67 Å². The van der Waals surface area contributed by atoms with Gasteiger partial charge in [0.25, 0.3) is 0 Å². The van der Waals surface area contributed by atoms with Gasteiger partial charge < -0.3 is 5.32 Å². The van der Waals surface area contributed by atoms with E-state index in [4.69, 9.17) is 0 Å². The van der Waals surface area contributed by atoms with Gasteiger partial charge >= 0.3 is 0 Å². The highest BCUT2D eigenvalue weighted by Gasteiger charge is 2.17. The maximum Gasteiger partial charge on any atom is 0.225 e. The summed E-state index contributed by atoms with van der Waals surface area (Å²) in [5.41, 5.74) is 1.42. The summed E-state index contributed by atoms with van der Waals surface area (Å²) in [5.74, 6) is 0.0368. The van der Waals surface area contributed by atoms with Crippen molar-refractivity contribution >= 4 is 17.0 Å². The third-order valence-electron chi connectivity index (χ3n) is 4.22. The molecule has 118 valence electrons. The smallest absolute Gasteiger partial charge is 0.225 e. The van der Waals surface area contributed by atoms with Crippen LogP contribution in [0.5, 0.6) is 0 Å². The first kappa shape index (κ1) is 14.0. The van der Waals surface area contributed by atoms with Crippen molar-refractivity contribution in [3.8, 4) is 5.82 Å². The van der Waals surface area contributed by atoms with Crippen LogP contribution in [-0.4, -0.2) is 31.0 Å². The summed E-state index contributed by atoms with van der Waals surface area (Å²) in [6.45, 7) is 0. The molecule has 2 heterocycles. The molecule has 0 radical (unpaired) electrons. The molecule has 0 amide bonds. The van der Waals surface area contributed by atoms with E-state index in [9.17, 15) is 4.39 Å². The summed E-state index contributed by atoms with van der Waals surface area (Å²) in [5, 5.41) is 11.4. The lowest BCUT2D eigenvalue weighted by molar-refractivity contribution is 0.460. The fourth-order valence-electron chi connectivity index (χ4n) is 3.03. The van der Waals surface area contributed by atoms with Crippen molar-refractivity contribution in [2.24, 2.45) is 0 Å². The quantitative estimate of drug-likeness (QED) is 0.805. The van der Waals surface area contributed by atoms with E-state index < -0.39 is 5.82 Å². The van der Waals surface area contributed by atoms with Crippen molar-refractivity contribution in [2.75, 3.05) is 5.32 Å². The molecule has 1 saturated carbocycles. The van der Waals surface area contributed by atoms with Crippen molar-refractivity contribution < 1.29 is 4.39 Å². The Morgan fingerprint density at radius 2 is 1.96 bits per heavy atom. The van der Waals surface area contributed by atoms with Gasteiger partial charge in [-0.3, -0.25) is 0 Å². The highest BCUT2D eigenvalue weighted by molar-refractivity contribution is 5.75. The van der Waals surface area contributed by atoms with E-state index >= 15 is 0 Å². The van der Waals surface area contributed by atoms with E-state index in [-0.39, 0.29) is 5.82 Å². The van der Waals surface area contributed by atoms with Gasteiger partial charge in [0.1, 0.15) is 5.52 Å². The second-order valence-corrected chi connectivity index (χ2v) is 5.83. The normalized spacial score (nSPS) is 15.9. The summed E-state index contributed by atoms with van der Waals surface area (Å²) in [7, 11) is 0. The highest BCUT2D eigenvalue weighted by atomic mass is 19.1. The monoisotopic (exact) mass is 312 g/mol. The lowest BCUT2D eigenvalue weighted by Crippen LogP contribution is -2.24. The van der Waals surface area contributed by atoms with Crippen LogP contribution in [0.2, 0.25) is 0 Å². The Labute approximate surface area is 132 Å². The lowest BCUT2D eigenvalue weighted by Gasteiger charge is -2.22. The zero-order valence-corrected chi connectivity index (χ0v) is 12.6. The Kier molecular flexibility index (Phi) is 3.61. The van der Waals surface area contributed by atoms with Crippen molar-refractivity contribution in [3.05, 3.63) is 36.3 Å². The molecule has 0 bridgehead atoms. The highest BCUT2D eigenvalue weighted by Crippen LogP contribution is 2.22. The molecule has 0 aliphatic heterocycles. The van der Waals surface area contributed by atoms with Crippen molar-refractivity contribution in [2.45, 2.75) is 38.1 Å². The third kappa shape index (κ3) is 2.74. The molecule has 6 nitrogen and oxygen atoms in total. The summed E-state index contributed by atoms with van der Waals surface area (Å²) >= 11 is 0. The minimum absolute atomic E-state index is 0.118. The molecule has 7 heteroatoms. The molecule has 0 spiro atoms. The molecule has 3 aromatic rings. The Balaban J connectivity index is 1.69. The molecule has 23 heavy (non-hydrogen) atoms. The Morgan fingerprint density at radius 3 is 2.83 bits per heavy atom. The van der Waals surface area contributed by atoms with Crippen LogP contribution >= 0.6 is 0 Å². The SMILES string of the molecule is Fc1cnc(NC2CCCCC2)nc1-n1nnc2ccccc21. The van der Waals surface area contributed by atoms with Crippen molar-refractivity contribution in [3.63, 3.8) is 0 Å². The molecule has 0 saturated heterocycles. The maximum absolute atomic E-state index is 14.2. The molecule has 1 fully saturated rings. The van der Waals surface area contributed by atoms with E-state index in [0.717, 1.165) is 12.8 Å². The fraction of sp³-hybridized carbons (Fsp3) is 0.375. The molecular weight excluding hydrogens is 295 g/mol. The van der Waals surface area contributed by atoms with Crippen LogP contribution in [0.15, 0.2) is 30.5 Å². The van der Waals surface area contributed by atoms with Crippen LogP contribution in [0.4, 0.5) is 10.3 Å². The summed E-state index contributed by atoms with van der Waals surface area (Å²) in [4.78, 5) is 8.39. The zero-order valence-electron chi connectivity index (χ0n) is 12.6. The number of aromatic nitrogens is 5. The zero-order chi connectivity index (χ0) is 15.6. The number of nitrogens with one attached hydrogen (secondary N) is 1. The Morgan fingerprint density at radius 1 is 1.13 bits per heavy atom. The molecule has 1 aliphatic rings. The van der Waals surface area contributed by atoms with E-state index in [1.54, 1.807) is 0 Å². The van der Waals surface area contributed by atoms with Crippen LogP contribution in [-0.2, 0) is 0 Å². The molecule has 2 aromatic heterocycles. The van der Waals surface area contributed by atoms with Gasteiger partial charge in [-0.25, -0.2) is 9.37 Å². The summed E-state index contributed by atoms with van der Waals surface area (Å²) in [6, 6.07) is 7.76. The molecule has 1 N–H and O–H groups in total. The van der Waals surface area contributed by atoms with Gasteiger partial charge in [0.05, 0.1) is 11.7 Å². The number of hydrogen-bond donors (Lipinski definition) is 1. The van der Waals surface area contributed by atoms with Crippen LogP contribution in [0.1, 0.15) is 32.1 Å². The van der Waals surface area contributed by atoms with Crippen molar-refractivity contribution in [1.29, 1.82) is 0 Å². The van der Waals surface area contributed by atoms with Gasteiger partial charge in [-0.05, 0) is 25.0 Å². The van der Waals surface area contributed by atoms with Crippen LogP contribution in [0, 0.1) is 5.82 Å². The second-order valence-electron chi connectivity index (χ2n) is 5.83. The van der Waals surface area contributed by atoms with Gasteiger partial charge in [-0.15, -0.1) is 5.10 Å². The van der Waals surface area contributed by atoms with Crippen LogP contribution in [0.25, 0.3) is 16.9 Å². The predicted octanol–water partition coefficient (Wildman–Crippen LogP) is 3.09. The average Bonchev–Trinajstić information content (AvgIpc) is 3.01. The molecule has 0 atom stereocenters. The van der Waals surface area contributed by atoms with Crippen LogP contribution < -0.4 is 5.32 Å². The maximum atomic E-state index is 14.2. The van der Waals surface area contributed by atoms with Gasteiger partial charge in [-0.1, -0.05) is 36.6 Å². The van der Waals surface area contributed by atoms with E-state index in [1.807, 2.05) is 24.3 Å². The number of halogens is 1. The number of nitrogens with zero attached hydrogens (tertiary/aromatic N) is 5. The van der Waals surface area contributed by atoms with Gasteiger partial charge in [0, 0.05) is 6.04 Å². The average molecular weight is 312 g/mol. The second kappa shape index (κ2) is 5.91. The fourth-order valence-corrected chi connectivity index (χ4v) is 3.03. The molecule has 1 aromatic carbocycles. The summed E-state index contributed by atoms with van der Waals surface area (Å²) < 4.78 is 15.6. The van der Waals surface area contributed by atoms with E-state index in [2.05, 4.69) is 25.6 Å². The number of para-hydroxylation sites is 1. The first-order valence-corrected chi connectivity index (χ1v) is 7.91. The number of benzene rings is 1. The first-order chi connectivity index (χ1) is 11.3. The Bertz CT molecular complexity index is 824. The first-order valence-electron chi connectivity index (χ1n) is 7.91. The summed E-state index contributed by atoms with van der Waals surface area (Å²) in [6.07, 6.45) is 7.08. The number of anilines is 1. The minimum Gasteiger partial charge on any atom is -0.351 e.